The largest absolute Gasteiger partial charge is 0.437 e. The molecule has 0 amide bonds. The van der Waals surface area contributed by atoms with E-state index in [1.807, 2.05) is 24.3 Å². The van der Waals surface area contributed by atoms with Gasteiger partial charge in [-0.25, -0.2) is 0 Å². The molecule has 0 spiro atoms. The summed E-state index contributed by atoms with van der Waals surface area (Å²) in [6, 6.07) is 10.2. The molecule has 1 nitrogen and oxygen atoms in total. The van der Waals surface area contributed by atoms with E-state index in [4.69, 9.17) is 0 Å². The maximum absolute atomic E-state index is 9.63. The van der Waals surface area contributed by atoms with E-state index in [1.165, 1.54) is 5.56 Å². The van der Waals surface area contributed by atoms with Crippen molar-refractivity contribution in [1.82, 2.24) is 0 Å². The van der Waals surface area contributed by atoms with Crippen LogP contribution in [0.1, 0.15) is 25.3 Å². The van der Waals surface area contributed by atoms with Crippen LogP contribution in [0.25, 0.3) is 0 Å². The van der Waals surface area contributed by atoms with Gasteiger partial charge in [0.2, 0.25) is 0 Å². The second-order valence-electron chi connectivity index (χ2n) is 3.63. The first kappa shape index (κ1) is 11.2. The summed E-state index contributed by atoms with van der Waals surface area (Å²) in [5.41, 5.74) is 1.21. The van der Waals surface area contributed by atoms with Gasteiger partial charge >= 0.3 is 0 Å². The van der Waals surface area contributed by atoms with Crippen LogP contribution in [0.3, 0.4) is 0 Å². The molecule has 1 unspecified atom stereocenters. The van der Waals surface area contributed by atoms with Gasteiger partial charge in [0, 0.05) is 5.04 Å². The molecule has 0 radical (unpaired) electrons. The molecule has 1 atom stereocenters. The molecule has 0 saturated carbocycles. The van der Waals surface area contributed by atoms with Crippen LogP contribution in [0, 0.1) is 0 Å². The molecule has 1 rings (SSSR count). The van der Waals surface area contributed by atoms with Gasteiger partial charge in [-0.3, -0.25) is 0 Å². The molecule has 0 aliphatic rings. The van der Waals surface area contributed by atoms with Gasteiger partial charge in [0.15, 0.2) is 9.76 Å². The summed E-state index contributed by atoms with van der Waals surface area (Å²) in [5.74, 6) is 0. The lowest BCUT2D eigenvalue weighted by Crippen LogP contribution is -2.30. The molecule has 2 heteroatoms. The van der Waals surface area contributed by atoms with E-state index in [0.717, 1.165) is 12.8 Å². The standard InChI is InChI=1S/C12H18OSi/c1-3-10-12(4-2,14-13)11-8-6-5-7-9-11/h4-9,13H,2-3,10,14H2,1H3. The van der Waals surface area contributed by atoms with Gasteiger partial charge in [-0.15, -0.1) is 6.58 Å². The highest BCUT2D eigenvalue weighted by molar-refractivity contribution is 6.32. The lowest BCUT2D eigenvalue weighted by atomic mass is 9.93. The van der Waals surface area contributed by atoms with Gasteiger partial charge in [-0.1, -0.05) is 49.8 Å². The molecule has 0 aliphatic heterocycles. The smallest absolute Gasteiger partial charge is 0.170 e. The predicted octanol–water partition coefficient (Wildman–Crippen LogP) is 1.94. The maximum atomic E-state index is 9.63. The van der Waals surface area contributed by atoms with Crippen LogP contribution in [0.15, 0.2) is 43.0 Å². The number of hydrogen-bond donors (Lipinski definition) is 1. The summed E-state index contributed by atoms with van der Waals surface area (Å²) in [6.45, 7) is 6.02. The minimum absolute atomic E-state index is 0.115. The summed E-state index contributed by atoms with van der Waals surface area (Å²) in [4.78, 5) is 9.63. The van der Waals surface area contributed by atoms with Crippen LogP contribution in [0.2, 0.25) is 0 Å². The first-order chi connectivity index (χ1) is 6.79. The Morgan fingerprint density at radius 1 is 1.43 bits per heavy atom. The third-order valence-corrected chi connectivity index (χ3v) is 4.33. The average Bonchev–Trinajstić information content (AvgIpc) is 2.27. The summed E-state index contributed by atoms with van der Waals surface area (Å²) in [7, 11) is -1.11. The fraction of sp³-hybridized carbons (Fsp3) is 0.333. The number of benzene rings is 1. The van der Waals surface area contributed by atoms with Crippen LogP contribution < -0.4 is 0 Å². The SMILES string of the molecule is C=CC(CCC)([SiH2]O)c1ccccc1. The van der Waals surface area contributed by atoms with Crippen molar-refractivity contribution in [2.24, 2.45) is 0 Å². The van der Waals surface area contributed by atoms with E-state index in [0.29, 0.717) is 0 Å². The lowest BCUT2D eigenvalue weighted by molar-refractivity contribution is 0.524. The van der Waals surface area contributed by atoms with Gasteiger partial charge < -0.3 is 4.80 Å². The van der Waals surface area contributed by atoms with Crippen molar-refractivity contribution in [2.75, 3.05) is 0 Å². The highest BCUT2D eigenvalue weighted by Gasteiger charge is 2.27. The lowest BCUT2D eigenvalue weighted by Gasteiger charge is -2.27. The highest BCUT2D eigenvalue weighted by Crippen LogP contribution is 2.28. The molecular weight excluding hydrogens is 188 g/mol. The molecule has 76 valence electrons. The Morgan fingerprint density at radius 2 is 2.07 bits per heavy atom. The first-order valence-electron chi connectivity index (χ1n) is 5.09. The van der Waals surface area contributed by atoms with Gasteiger partial charge in [0.05, 0.1) is 0 Å². The second-order valence-corrected chi connectivity index (χ2v) is 5.21. The van der Waals surface area contributed by atoms with Gasteiger partial charge in [-0.2, -0.15) is 0 Å². The summed E-state index contributed by atoms with van der Waals surface area (Å²) < 4.78 is 0. The Bertz CT molecular complexity index is 284. The Hall–Kier alpha value is -0.863. The summed E-state index contributed by atoms with van der Waals surface area (Å²) in [5, 5.41) is -0.115. The van der Waals surface area contributed by atoms with Crippen LogP contribution in [-0.2, 0) is 5.04 Å². The zero-order valence-electron chi connectivity index (χ0n) is 8.74. The Labute approximate surface area is 88.4 Å². The third kappa shape index (κ3) is 2.14. The summed E-state index contributed by atoms with van der Waals surface area (Å²) in [6.07, 6.45) is 4.01. The van der Waals surface area contributed by atoms with Crippen molar-refractivity contribution in [3.63, 3.8) is 0 Å². The minimum Gasteiger partial charge on any atom is -0.437 e. The van der Waals surface area contributed by atoms with Crippen molar-refractivity contribution in [3.8, 4) is 0 Å². The molecule has 1 aromatic carbocycles. The molecule has 0 bridgehead atoms. The molecule has 0 fully saturated rings. The monoisotopic (exact) mass is 206 g/mol. The zero-order valence-corrected chi connectivity index (χ0v) is 10.2. The minimum atomic E-state index is -1.11. The topological polar surface area (TPSA) is 20.2 Å². The van der Waals surface area contributed by atoms with E-state index in [1.54, 1.807) is 0 Å². The van der Waals surface area contributed by atoms with Crippen LogP contribution in [-0.4, -0.2) is 14.6 Å². The van der Waals surface area contributed by atoms with Gasteiger partial charge in [-0.05, 0) is 12.0 Å². The molecule has 0 aromatic heterocycles. The second kappa shape index (κ2) is 5.13. The van der Waals surface area contributed by atoms with Crippen molar-refractivity contribution in [3.05, 3.63) is 48.6 Å². The van der Waals surface area contributed by atoms with E-state index in [-0.39, 0.29) is 5.04 Å². The van der Waals surface area contributed by atoms with E-state index in [2.05, 4.69) is 25.6 Å². The first-order valence-corrected chi connectivity index (χ1v) is 6.43. The fourth-order valence-corrected chi connectivity index (χ4v) is 2.87. The fourth-order valence-electron chi connectivity index (χ4n) is 1.82. The van der Waals surface area contributed by atoms with Crippen molar-refractivity contribution in [1.29, 1.82) is 0 Å². The number of allylic oxidation sites excluding steroid dienone is 1. The third-order valence-electron chi connectivity index (χ3n) is 2.72. The van der Waals surface area contributed by atoms with Crippen molar-refractivity contribution >= 4 is 9.76 Å². The Balaban J connectivity index is 3.04. The van der Waals surface area contributed by atoms with Crippen LogP contribution >= 0.6 is 0 Å². The Kier molecular flexibility index (Phi) is 4.11. The summed E-state index contributed by atoms with van der Waals surface area (Å²) >= 11 is 0. The zero-order chi connectivity index (χ0) is 10.4. The molecule has 0 saturated heterocycles. The van der Waals surface area contributed by atoms with E-state index < -0.39 is 9.76 Å². The molecule has 0 aliphatic carbocycles. The quantitative estimate of drug-likeness (QED) is 0.577. The number of hydrogen-bond acceptors (Lipinski definition) is 1. The maximum Gasteiger partial charge on any atom is 0.170 e. The predicted molar refractivity (Wildman–Crippen MR) is 64.0 cm³/mol. The normalized spacial score (nSPS) is 15.6. The molecular formula is C12H18OSi. The van der Waals surface area contributed by atoms with Gasteiger partial charge in [0.1, 0.15) is 0 Å². The van der Waals surface area contributed by atoms with Gasteiger partial charge in [0.25, 0.3) is 0 Å². The molecule has 1 N–H and O–H groups in total. The molecule has 14 heavy (non-hydrogen) atoms. The molecule has 1 aromatic rings. The molecule has 0 heterocycles. The van der Waals surface area contributed by atoms with Crippen LogP contribution in [0.4, 0.5) is 0 Å². The van der Waals surface area contributed by atoms with Crippen molar-refractivity contribution in [2.45, 2.75) is 24.8 Å². The van der Waals surface area contributed by atoms with E-state index in [9.17, 15) is 4.80 Å². The Morgan fingerprint density at radius 3 is 2.50 bits per heavy atom. The highest BCUT2D eigenvalue weighted by atomic mass is 28.2. The number of rotatable bonds is 5. The van der Waals surface area contributed by atoms with Crippen LogP contribution in [0.5, 0.6) is 0 Å². The van der Waals surface area contributed by atoms with E-state index >= 15 is 0 Å². The van der Waals surface area contributed by atoms with Crippen molar-refractivity contribution < 1.29 is 4.80 Å². The average molecular weight is 206 g/mol.